The number of rotatable bonds is 2. The van der Waals surface area contributed by atoms with Crippen LogP contribution in [0.2, 0.25) is 0 Å². The Kier molecular flexibility index (Phi) is 3.29. The molecule has 1 aromatic heterocycles. The van der Waals surface area contributed by atoms with Gasteiger partial charge in [0, 0.05) is 18.5 Å². The summed E-state index contributed by atoms with van der Waals surface area (Å²) in [6.07, 6.45) is 3.38. The summed E-state index contributed by atoms with van der Waals surface area (Å²) < 4.78 is 0. The molecule has 0 amide bonds. The van der Waals surface area contributed by atoms with Crippen LogP contribution < -0.4 is 10.6 Å². The van der Waals surface area contributed by atoms with Gasteiger partial charge in [-0.05, 0) is 25.1 Å². The van der Waals surface area contributed by atoms with Crippen molar-refractivity contribution >= 4 is 11.5 Å². The maximum atomic E-state index is 9.81. The highest BCUT2D eigenvalue weighted by molar-refractivity contribution is 5.65. The molecule has 0 unspecified atom stereocenters. The molecule has 1 aromatic carbocycles. The SMILES string of the molecule is Oc1ccccc1Nc1ncnc2c1CCNCC2. The van der Waals surface area contributed by atoms with Crippen LogP contribution >= 0.6 is 0 Å². The lowest BCUT2D eigenvalue weighted by Gasteiger charge is -2.12. The normalized spacial score (nSPS) is 14.5. The minimum Gasteiger partial charge on any atom is -0.506 e. The number of aromatic nitrogens is 2. The van der Waals surface area contributed by atoms with E-state index >= 15 is 0 Å². The number of para-hydroxylation sites is 2. The second-order valence-electron chi connectivity index (χ2n) is 4.54. The molecule has 1 aliphatic heterocycles. The first-order valence-corrected chi connectivity index (χ1v) is 6.43. The van der Waals surface area contributed by atoms with Gasteiger partial charge in [0.1, 0.15) is 17.9 Å². The standard InChI is InChI=1S/C14H16N4O/c19-13-4-2-1-3-12(13)18-14-10-5-7-15-8-6-11(10)16-9-17-14/h1-4,9,15,19H,5-8H2,(H,16,17,18). The zero-order chi connectivity index (χ0) is 13.1. The van der Waals surface area contributed by atoms with Gasteiger partial charge in [0.15, 0.2) is 0 Å². The minimum absolute atomic E-state index is 0.224. The Bertz CT molecular complexity index is 585. The number of fused-ring (bicyclic) bond motifs is 1. The highest BCUT2D eigenvalue weighted by Gasteiger charge is 2.14. The van der Waals surface area contributed by atoms with Gasteiger partial charge in [0.05, 0.1) is 11.4 Å². The van der Waals surface area contributed by atoms with Gasteiger partial charge in [-0.2, -0.15) is 0 Å². The average molecular weight is 256 g/mol. The number of aromatic hydroxyl groups is 1. The third-order valence-corrected chi connectivity index (χ3v) is 3.28. The van der Waals surface area contributed by atoms with Crippen LogP contribution in [0, 0.1) is 0 Å². The van der Waals surface area contributed by atoms with Crippen molar-refractivity contribution < 1.29 is 5.11 Å². The number of nitrogens with one attached hydrogen (secondary N) is 2. The lowest BCUT2D eigenvalue weighted by Crippen LogP contribution is -2.16. The number of anilines is 2. The van der Waals surface area contributed by atoms with E-state index in [4.69, 9.17) is 0 Å². The molecular weight excluding hydrogens is 240 g/mol. The maximum Gasteiger partial charge on any atom is 0.139 e. The second kappa shape index (κ2) is 5.24. The number of hydrogen-bond acceptors (Lipinski definition) is 5. The largest absolute Gasteiger partial charge is 0.506 e. The Labute approximate surface area is 111 Å². The van der Waals surface area contributed by atoms with Crippen molar-refractivity contribution in [2.75, 3.05) is 18.4 Å². The van der Waals surface area contributed by atoms with Gasteiger partial charge in [-0.25, -0.2) is 9.97 Å². The fourth-order valence-electron chi connectivity index (χ4n) is 2.29. The predicted octanol–water partition coefficient (Wildman–Crippen LogP) is 1.61. The number of hydrogen-bond donors (Lipinski definition) is 3. The summed E-state index contributed by atoms with van der Waals surface area (Å²) in [6, 6.07) is 7.16. The van der Waals surface area contributed by atoms with Gasteiger partial charge in [-0.15, -0.1) is 0 Å². The summed E-state index contributed by atoms with van der Waals surface area (Å²) in [5.74, 6) is 1.01. The molecule has 98 valence electrons. The van der Waals surface area contributed by atoms with Crippen molar-refractivity contribution in [2.24, 2.45) is 0 Å². The monoisotopic (exact) mass is 256 g/mol. The van der Waals surface area contributed by atoms with Crippen LogP contribution in [0.5, 0.6) is 5.75 Å². The first-order valence-electron chi connectivity index (χ1n) is 6.43. The van der Waals surface area contributed by atoms with Crippen LogP contribution in [0.1, 0.15) is 11.3 Å². The molecule has 3 N–H and O–H groups in total. The Hall–Kier alpha value is -2.14. The van der Waals surface area contributed by atoms with Gasteiger partial charge in [-0.3, -0.25) is 0 Å². The Morgan fingerprint density at radius 1 is 1.11 bits per heavy atom. The van der Waals surface area contributed by atoms with Crippen LogP contribution in [-0.4, -0.2) is 28.2 Å². The van der Waals surface area contributed by atoms with E-state index < -0.39 is 0 Å². The average Bonchev–Trinajstić information content (AvgIpc) is 2.67. The molecule has 3 rings (SSSR count). The smallest absolute Gasteiger partial charge is 0.139 e. The van der Waals surface area contributed by atoms with Crippen LogP contribution in [0.15, 0.2) is 30.6 Å². The van der Waals surface area contributed by atoms with E-state index in [2.05, 4.69) is 20.6 Å². The van der Waals surface area contributed by atoms with Gasteiger partial charge < -0.3 is 15.7 Å². The van der Waals surface area contributed by atoms with Crippen molar-refractivity contribution in [3.63, 3.8) is 0 Å². The van der Waals surface area contributed by atoms with Gasteiger partial charge in [-0.1, -0.05) is 12.1 Å². The minimum atomic E-state index is 0.224. The summed E-state index contributed by atoms with van der Waals surface area (Å²) in [7, 11) is 0. The zero-order valence-corrected chi connectivity index (χ0v) is 10.6. The number of phenolic OH excluding ortho intramolecular Hbond substituents is 1. The second-order valence-corrected chi connectivity index (χ2v) is 4.54. The Balaban J connectivity index is 1.95. The van der Waals surface area contributed by atoms with Gasteiger partial charge >= 0.3 is 0 Å². The van der Waals surface area contributed by atoms with Crippen molar-refractivity contribution in [2.45, 2.75) is 12.8 Å². The Morgan fingerprint density at radius 3 is 2.84 bits per heavy atom. The van der Waals surface area contributed by atoms with E-state index in [0.717, 1.165) is 43.0 Å². The van der Waals surface area contributed by atoms with Crippen LogP contribution in [-0.2, 0) is 12.8 Å². The van der Waals surface area contributed by atoms with Gasteiger partial charge in [0.25, 0.3) is 0 Å². The van der Waals surface area contributed by atoms with Gasteiger partial charge in [0.2, 0.25) is 0 Å². The van der Waals surface area contributed by atoms with Crippen molar-refractivity contribution in [1.82, 2.24) is 15.3 Å². The molecule has 0 aliphatic carbocycles. The molecule has 0 saturated carbocycles. The fraction of sp³-hybridized carbons (Fsp3) is 0.286. The summed E-state index contributed by atoms with van der Waals surface area (Å²) in [5.41, 5.74) is 2.88. The molecule has 0 atom stereocenters. The zero-order valence-electron chi connectivity index (χ0n) is 10.6. The molecule has 0 fully saturated rings. The van der Waals surface area contributed by atoms with Crippen molar-refractivity contribution in [3.05, 3.63) is 41.9 Å². The molecule has 0 saturated heterocycles. The first kappa shape index (κ1) is 11.9. The molecule has 2 aromatic rings. The highest BCUT2D eigenvalue weighted by Crippen LogP contribution is 2.27. The van der Waals surface area contributed by atoms with E-state index in [1.165, 1.54) is 0 Å². The van der Waals surface area contributed by atoms with Crippen molar-refractivity contribution in [3.8, 4) is 5.75 Å². The summed E-state index contributed by atoms with van der Waals surface area (Å²) >= 11 is 0. The third kappa shape index (κ3) is 2.51. The quantitative estimate of drug-likeness (QED) is 0.712. The third-order valence-electron chi connectivity index (χ3n) is 3.28. The lowest BCUT2D eigenvalue weighted by atomic mass is 10.1. The maximum absolute atomic E-state index is 9.81. The molecule has 2 heterocycles. The van der Waals surface area contributed by atoms with E-state index in [1.54, 1.807) is 18.5 Å². The Morgan fingerprint density at radius 2 is 1.95 bits per heavy atom. The number of phenols is 1. The van der Waals surface area contributed by atoms with E-state index in [1.807, 2.05) is 12.1 Å². The van der Waals surface area contributed by atoms with E-state index in [0.29, 0.717) is 5.69 Å². The molecule has 0 spiro atoms. The lowest BCUT2D eigenvalue weighted by molar-refractivity contribution is 0.477. The predicted molar refractivity (Wildman–Crippen MR) is 73.7 cm³/mol. The summed E-state index contributed by atoms with van der Waals surface area (Å²) in [5, 5.41) is 16.4. The summed E-state index contributed by atoms with van der Waals surface area (Å²) in [4.78, 5) is 8.66. The molecule has 19 heavy (non-hydrogen) atoms. The molecular formula is C14H16N4O. The molecule has 5 nitrogen and oxygen atoms in total. The van der Waals surface area contributed by atoms with Crippen LogP contribution in [0.3, 0.4) is 0 Å². The molecule has 0 bridgehead atoms. The van der Waals surface area contributed by atoms with Crippen molar-refractivity contribution in [1.29, 1.82) is 0 Å². The number of benzene rings is 1. The van der Waals surface area contributed by atoms with E-state index in [9.17, 15) is 5.11 Å². The number of nitrogens with zero attached hydrogens (tertiary/aromatic N) is 2. The highest BCUT2D eigenvalue weighted by atomic mass is 16.3. The summed E-state index contributed by atoms with van der Waals surface area (Å²) in [6.45, 7) is 1.87. The van der Waals surface area contributed by atoms with Crippen LogP contribution in [0.25, 0.3) is 0 Å². The molecule has 5 heteroatoms. The van der Waals surface area contributed by atoms with Crippen LogP contribution in [0.4, 0.5) is 11.5 Å². The van der Waals surface area contributed by atoms with E-state index in [-0.39, 0.29) is 5.75 Å². The fourth-order valence-corrected chi connectivity index (χ4v) is 2.29. The molecule has 1 aliphatic rings. The first-order chi connectivity index (χ1) is 9.34. The molecule has 0 radical (unpaired) electrons. The topological polar surface area (TPSA) is 70.1 Å².